The molecule has 0 saturated carbocycles. The van der Waals surface area contributed by atoms with E-state index in [0.717, 1.165) is 33.5 Å². The maximum atomic E-state index is 10.8. The van der Waals surface area contributed by atoms with Gasteiger partial charge >= 0.3 is 0 Å². The average molecular weight is 314 g/mol. The van der Waals surface area contributed by atoms with Crippen LogP contribution >= 0.6 is 0 Å². The molecular weight excluding hydrogens is 300 g/mol. The Morgan fingerprint density at radius 2 is 1.58 bits per heavy atom. The Hall–Kier alpha value is -3.40. The summed E-state index contributed by atoms with van der Waals surface area (Å²) in [4.78, 5) is 18.7. The zero-order chi connectivity index (χ0) is 16.5. The summed E-state index contributed by atoms with van der Waals surface area (Å²) in [6.45, 7) is 0. The van der Waals surface area contributed by atoms with E-state index in [1.165, 1.54) is 0 Å². The summed E-state index contributed by atoms with van der Waals surface area (Å²) in [5.74, 6) is 0.811. The number of benzene rings is 3. The normalized spacial score (nSPS) is 10.8. The van der Waals surface area contributed by atoms with Gasteiger partial charge in [0.2, 0.25) is 0 Å². The number of fused-ring (bicyclic) bond motifs is 1. The van der Waals surface area contributed by atoms with Gasteiger partial charge in [-0.25, -0.2) is 4.98 Å². The fourth-order valence-electron chi connectivity index (χ4n) is 2.73. The first kappa shape index (κ1) is 14.2. The van der Waals surface area contributed by atoms with Crippen LogP contribution in [0.4, 0.5) is 0 Å². The predicted molar refractivity (Wildman–Crippen MR) is 94.0 cm³/mol. The number of aldehydes is 1. The van der Waals surface area contributed by atoms with Crippen molar-refractivity contribution in [3.63, 3.8) is 0 Å². The monoisotopic (exact) mass is 314 g/mol. The lowest BCUT2D eigenvalue weighted by Gasteiger charge is -2.05. The molecule has 0 radical (unpaired) electrons. The second-order valence-electron chi connectivity index (χ2n) is 5.57. The molecule has 0 bridgehead atoms. The zero-order valence-electron chi connectivity index (χ0n) is 12.7. The number of H-pyrrole nitrogens is 1. The lowest BCUT2D eigenvalue weighted by Crippen LogP contribution is -1.85. The van der Waals surface area contributed by atoms with Gasteiger partial charge in [0, 0.05) is 5.56 Å². The molecule has 1 heterocycles. The molecule has 4 rings (SSSR count). The highest BCUT2D eigenvalue weighted by Crippen LogP contribution is 2.28. The van der Waals surface area contributed by atoms with Gasteiger partial charge in [-0.15, -0.1) is 0 Å². The molecule has 1 aromatic heterocycles. The molecule has 4 aromatic rings. The highest BCUT2D eigenvalue weighted by molar-refractivity contribution is 5.82. The van der Waals surface area contributed by atoms with E-state index >= 15 is 0 Å². The number of phenolic OH excluding ortho intramolecular Hbond substituents is 1. The number of hydrogen-bond donors (Lipinski definition) is 2. The van der Waals surface area contributed by atoms with Crippen LogP contribution in [0.5, 0.6) is 5.75 Å². The van der Waals surface area contributed by atoms with Crippen molar-refractivity contribution in [2.45, 2.75) is 0 Å². The van der Waals surface area contributed by atoms with Gasteiger partial charge in [0.1, 0.15) is 11.6 Å². The minimum atomic E-state index is -0.0103. The molecule has 2 N–H and O–H groups in total. The Bertz CT molecular complexity index is 1000. The lowest BCUT2D eigenvalue weighted by molar-refractivity contribution is 0.112. The van der Waals surface area contributed by atoms with Gasteiger partial charge < -0.3 is 10.1 Å². The van der Waals surface area contributed by atoms with Crippen molar-refractivity contribution < 1.29 is 9.90 Å². The van der Waals surface area contributed by atoms with Gasteiger partial charge in [0.15, 0.2) is 6.29 Å². The fourth-order valence-corrected chi connectivity index (χ4v) is 2.73. The predicted octanol–water partition coefficient (Wildman–Crippen LogP) is 4.42. The summed E-state index contributed by atoms with van der Waals surface area (Å²) in [7, 11) is 0. The van der Waals surface area contributed by atoms with E-state index in [0.29, 0.717) is 6.29 Å². The molecule has 116 valence electrons. The van der Waals surface area contributed by atoms with Gasteiger partial charge in [-0.05, 0) is 35.4 Å². The lowest BCUT2D eigenvalue weighted by atomic mass is 10.0. The zero-order valence-corrected chi connectivity index (χ0v) is 12.7. The number of phenols is 1. The molecule has 24 heavy (non-hydrogen) atoms. The summed E-state index contributed by atoms with van der Waals surface area (Å²) in [5, 5.41) is 9.82. The standard InChI is InChI=1S/C20H14N2O2/c23-12-16-10-9-15(11-19(16)24)13-5-7-14(8-6-13)20-21-17-3-1-2-4-18(17)22-20/h1-12,24H,(H,21,22). The Morgan fingerprint density at radius 1 is 0.875 bits per heavy atom. The first-order valence-electron chi connectivity index (χ1n) is 7.58. The first-order valence-corrected chi connectivity index (χ1v) is 7.58. The Balaban J connectivity index is 1.69. The molecule has 0 aliphatic heterocycles. The number of rotatable bonds is 3. The maximum absolute atomic E-state index is 10.8. The average Bonchev–Trinajstić information content (AvgIpc) is 3.06. The third kappa shape index (κ3) is 2.44. The summed E-state index contributed by atoms with van der Waals surface area (Å²) in [6.07, 6.45) is 0.643. The van der Waals surface area contributed by atoms with E-state index in [1.54, 1.807) is 12.1 Å². The third-order valence-electron chi connectivity index (χ3n) is 4.04. The Labute approximate surface area is 138 Å². The van der Waals surface area contributed by atoms with Gasteiger partial charge in [-0.1, -0.05) is 42.5 Å². The number of aromatic hydroxyl groups is 1. The van der Waals surface area contributed by atoms with Crippen molar-refractivity contribution in [2.75, 3.05) is 0 Å². The minimum absolute atomic E-state index is 0.0103. The Kier molecular flexibility index (Phi) is 3.35. The highest BCUT2D eigenvalue weighted by atomic mass is 16.3. The van der Waals surface area contributed by atoms with Crippen LogP contribution in [-0.2, 0) is 0 Å². The van der Waals surface area contributed by atoms with Crippen molar-refractivity contribution in [3.8, 4) is 28.3 Å². The number of aromatic nitrogens is 2. The topological polar surface area (TPSA) is 66.0 Å². The van der Waals surface area contributed by atoms with Crippen LogP contribution in [0.1, 0.15) is 10.4 Å². The van der Waals surface area contributed by atoms with E-state index in [-0.39, 0.29) is 11.3 Å². The van der Waals surface area contributed by atoms with Gasteiger partial charge in [-0.3, -0.25) is 4.79 Å². The van der Waals surface area contributed by atoms with Gasteiger partial charge in [0.25, 0.3) is 0 Å². The third-order valence-corrected chi connectivity index (χ3v) is 4.04. The van der Waals surface area contributed by atoms with E-state index in [2.05, 4.69) is 9.97 Å². The molecular formula is C20H14N2O2. The molecule has 0 unspecified atom stereocenters. The molecule has 0 fully saturated rings. The number of nitrogens with zero attached hydrogens (tertiary/aromatic N) is 1. The first-order chi connectivity index (χ1) is 11.7. The molecule has 0 atom stereocenters. The smallest absolute Gasteiger partial charge is 0.153 e. The van der Waals surface area contributed by atoms with E-state index in [9.17, 15) is 9.90 Å². The number of hydrogen-bond acceptors (Lipinski definition) is 3. The summed E-state index contributed by atoms with van der Waals surface area (Å²) in [6, 6.07) is 20.8. The van der Waals surface area contributed by atoms with Gasteiger partial charge in [-0.2, -0.15) is 0 Å². The van der Waals surface area contributed by atoms with E-state index < -0.39 is 0 Å². The second kappa shape index (κ2) is 5.66. The van der Waals surface area contributed by atoms with Gasteiger partial charge in [0.05, 0.1) is 16.6 Å². The number of para-hydroxylation sites is 2. The summed E-state index contributed by atoms with van der Waals surface area (Å²) < 4.78 is 0. The number of carbonyl (C=O) groups excluding carboxylic acids is 1. The van der Waals surface area contributed by atoms with Crippen molar-refractivity contribution in [1.82, 2.24) is 9.97 Å². The SMILES string of the molecule is O=Cc1ccc(-c2ccc(-c3nc4ccccc4[nH]3)cc2)cc1O. The Morgan fingerprint density at radius 3 is 2.29 bits per heavy atom. The van der Waals surface area contributed by atoms with Crippen molar-refractivity contribution >= 4 is 17.3 Å². The number of nitrogens with one attached hydrogen (secondary N) is 1. The van der Waals surface area contributed by atoms with Crippen LogP contribution in [0.3, 0.4) is 0 Å². The molecule has 4 nitrogen and oxygen atoms in total. The number of aromatic amines is 1. The van der Waals surface area contributed by atoms with E-state index in [1.807, 2.05) is 54.6 Å². The van der Waals surface area contributed by atoms with Crippen molar-refractivity contribution in [2.24, 2.45) is 0 Å². The maximum Gasteiger partial charge on any atom is 0.153 e. The largest absolute Gasteiger partial charge is 0.507 e. The quantitative estimate of drug-likeness (QED) is 0.550. The summed E-state index contributed by atoms with van der Waals surface area (Å²) in [5.41, 5.74) is 5.04. The minimum Gasteiger partial charge on any atom is -0.507 e. The molecule has 0 aliphatic rings. The van der Waals surface area contributed by atoms with Crippen LogP contribution in [0.25, 0.3) is 33.5 Å². The second-order valence-corrected chi connectivity index (χ2v) is 5.57. The molecule has 4 heteroatoms. The van der Waals surface area contributed by atoms with Crippen molar-refractivity contribution in [1.29, 1.82) is 0 Å². The van der Waals surface area contributed by atoms with Crippen LogP contribution in [0.15, 0.2) is 66.7 Å². The molecule has 0 spiro atoms. The van der Waals surface area contributed by atoms with E-state index in [4.69, 9.17) is 0 Å². The number of imidazole rings is 1. The van der Waals surface area contributed by atoms with Crippen LogP contribution < -0.4 is 0 Å². The number of carbonyl (C=O) groups is 1. The molecule has 0 amide bonds. The summed E-state index contributed by atoms with van der Waals surface area (Å²) >= 11 is 0. The van der Waals surface area contributed by atoms with Crippen LogP contribution in [0, 0.1) is 0 Å². The van der Waals surface area contributed by atoms with Crippen molar-refractivity contribution in [3.05, 3.63) is 72.3 Å². The highest BCUT2D eigenvalue weighted by Gasteiger charge is 2.07. The van der Waals surface area contributed by atoms with Crippen LogP contribution in [0.2, 0.25) is 0 Å². The fraction of sp³-hybridized carbons (Fsp3) is 0. The molecule has 0 aliphatic carbocycles. The molecule has 3 aromatic carbocycles. The van der Waals surface area contributed by atoms with Crippen LogP contribution in [-0.4, -0.2) is 21.4 Å². The molecule has 0 saturated heterocycles.